The molecule has 0 saturated heterocycles. The van der Waals surface area contributed by atoms with Crippen molar-refractivity contribution in [2.45, 2.75) is 27.2 Å². The minimum atomic E-state index is -0.843. The van der Waals surface area contributed by atoms with Crippen LogP contribution in [0, 0.1) is 13.8 Å². The lowest BCUT2D eigenvalue weighted by Crippen LogP contribution is -2.31. The van der Waals surface area contributed by atoms with Crippen LogP contribution in [0.2, 0.25) is 0 Å². The van der Waals surface area contributed by atoms with E-state index in [1.807, 2.05) is 32.0 Å². The molecule has 0 aliphatic heterocycles. The lowest BCUT2D eigenvalue weighted by Gasteiger charge is -2.13. The molecule has 1 heterocycles. The van der Waals surface area contributed by atoms with Gasteiger partial charge >= 0.3 is 11.7 Å². The molecule has 8 nitrogen and oxygen atoms in total. The SMILES string of the molecule is CCc1ccccc1NC(=O)N=Cc1c(O)n(-c2cc(C)ccc2C)c(=O)[nH]c1=O. The van der Waals surface area contributed by atoms with Crippen molar-refractivity contribution >= 4 is 17.9 Å². The number of carbonyl (C=O) groups is 1. The van der Waals surface area contributed by atoms with Crippen molar-refractivity contribution in [1.82, 2.24) is 9.55 Å². The van der Waals surface area contributed by atoms with Gasteiger partial charge in [0, 0.05) is 5.69 Å². The van der Waals surface area contributed by atoms with Gasteiger partial charge in [0.2, 0.25) is 5.88 Å². The molecule has 0 aliphatic rings. The van der Waals surface area contributed by atoms with Gasteiger partial charge in [-0.3, -0.25) is 9.78 Å². The van der Waals surface area contributed by atoms with Crippen LogP contribution in [0.15, 0.2) is 57.0 Å². The molecule has 0 radical (unpaired) electrons. The molecule has 8 heteroatoms. The Morgan fingerprint density at radius 2 is 1.93 bits per heavy atom. The average molecular weight is 406 g/mol. The molecule has 2 aromatic carbocycles. The lowest BCUT2D eigenvalue weighted by atomic mass is 10.1. The summed E-state index contributed by atoms with van der Waals surface area (Å²) in [5, 5.41) is 13.3. The van der Waals surface area contributed by atoms with E-state index in [0.717, 1.165) is 33.9 Å². The largest absolute Gasteiger partial charge is 0.493 e. The smallest absolute Gasteiger partial charge is 0.345 e. The number of aryl methyl sites for hydroxylation is 3. The number of amides is 2. The van der Waals surface area contributed by atoms with Crippen LogP contribution in [-0.2, 0) is 6.42 Å². The molecule has 2 amide bonds. The van der Waals surface area contributed by atoms with Crippen LogP contribution in [-0.4, -0.2) is 26.9 Å². The molecule has 0 saturated carbocycles. The van der Waals surface area contributed by atoms with Gasteiger partial charge in [-0.1, -0.05) is 37.3 Å². The summed E-state index contributed by atoms with van der Waals surface area (Å²) < 4.78 is 0.982. The maximum Gasteiger partial charge on any atom is 0.345 e. The van der Waals surface area contributed by atoms with Crippen LogP contribution in [0.1, 0.15) is 29.2 Å². The maximum absolute atomic E-state index is 12.4. The predicted molar refractivity (Wildman–Crippen MR) is 116 cm³/mol. The number of nitrogens with one attached hydrogen (secondary N) is 2. The number of aromatic hydroxyl groups is 1. The van der Waals surface area contributed by atoms with Crippen molar-refractivity contribution in [2.24, 2.45) is 4.99 Å². The first-order valence-electron chi connectivity index (χ1n) is 9.40. The van der Waals surface area contributed by atoms with Gasteiger partial charge in [0.05, 0.1) is 11.9 Å². The fourth-order valence-electron chi connectivity index (χ4n) is 3.06. The minimum Gasteiger partial charge on any atom is -0.493 e. The average Bonchev–Trinajstić information content (AvgIpc) is 2.70. The minimum absolute atomic E-state index is 0.297. The molecule has 30 heavy (non-hydrogen) atoms. The van der Waals surface area contributed by atoms with Crippen LogP contribution in [0.25, 0.3) is 5.69 Å². The number of urea groups is 1. The fourth-order valence-corrected chi connectivity index (χ4v) is 3.06. The van der Waals surface area contributed by atoms with Gasteiger partial charge in [-0.05, 0) is 49.1 Å². The van der Waals surface area contributed by atoms with E-state index in [1.54, 1.807) is 31.2 Å². The molecule has 0 fully saturated rings. The van der Waals surface area contributed by atoms with Gasteiger partial charge in [0.15, 0.2) is 0 Å². The molecular formula is C22H22N4O4. The Hall–Kier alpha value is -3.94. The third-order valence-electron chi connectivity index (χ3n) is 4.68. The number of nitrogens with zero attached hydrogens (tertiary/aromatic N) is 2. The van der Waals surface area contributed by atoms with Gasteiger partial charge in [0.1, 0.15) is 5.56 Å². The molecule has 154 valence electrons. The summed E-state index contributed by atoms with van der Waals surface area (Å²) in [5.74, 6) is -0.594. The van der Waals surface area contributed by atoms with Gasteiger partial charge in [-0.25, -0.2) is 19.1 Å². The molecule has 0 bridgehead atoms. The quantitative estimate of drug-likeness (QED) is 0.577. The highest BCUT2D eigenvalue weighted by molar-refractivity contribution is 5.99. The van der Waals surface area contributed by atoms with Crippen LogP contribution in [0.3, 0.4) is 0 Å². The highest BCUT2D eigenvalue weighted by atomic mass is 16.3. The second-order valence-electron chi connectivity index (χ2n) is 6.82. The first kappa shape index (κ1) is 20.8. The van der Waals surface area contributed by atoms with Gasteiger partial charge in [0.25, 0.3) is 5.56 Å². The normalized spacial score (nSPS) is 11.0. The van der Waals surface area contributed by atoms with E-state index in [9.17, 15) is 19.5 Å². The van der Waals surface area contributed by atoms with E-state index >= 15 is 0 Å². The Morgan fingerprint density at radius 3 is 2.67 bits per heavy atom. The number of aliphatic imine (C=N–C) groups is 1. The number of aromatic nitrogens is 2. The Kier molecular flexibility index (Phi) is 5.96. The zero-order chi connectivity index (χ0) is 21.8. The summed E-state index contributed by atoms with van der Waals surface area (Å²) in [4.78, 5) is 42.7. The summed E-state index contributed by atoms with van der Waals surface area (Å²) in [6.07, 6.45) is 1.67. The number of hydrogen-bond donors (Lipinski definition) is 3. The molecule has 0 unspecified atom stereocenters. The number of para-hydroxylation sites is 1. The molecule has 0 spiro atoms. The highest BCUT2D eigenvalue weighted by Gasteiger charge is 2.16. The monoisotopic (exact) mass is 406 g/mol. The zero-order valence-electron chi connectivity index (χ0n) is 16.9. The van der Waals surface area contributed by atoms with E-state index in [4.69, 9.17) is 0 Å². The van der Waals surface area contributed by atoms with E-state index in [2.05, 4.69) is 15.3 Å². The number of H-pyrrole nitrogens is 1. The maximum atomic E-state index is 12.4. The Bertz CT molecular complexity index is 1250. The Labute approximate surface area is 172 Å². The second kappa shape index (κ2) is 8.60. The highest BCUT2D eigenvalue weighted by Crippen LogP contribution is 2.20. The van der Waals surface area contributed by atoms with Gasteiger partial charge in [-0.15, -0.1) is 0 Å². The van der Waals surface area contributed by atoms with Crippen LogP contribution >= 0.6 is 0 Å². The van der Waals surface area contributed by atoms with E-state index < -0.39 is 23.2 Å². The van der Waals surface area contributed by atoms with Crippen molar-refractivity contribution in [1.29, 1.82) is 0 Å². The lowest BCUT2D eigenvalue weighted by molar-refractivity contribution is 0.259. The fraction of sp³-hybridized carbons (Fsp3) is 0.182. The number of hydrogen-bond acceptors (Lipinski definition) is 4. The van der Waals surface area contributed by atoms with Crippen LogP contribution in [0.5, 0.6) is 5.88 Å². The van der Waals surface area contributed by atoms with E-state index in [0.29, 0.717) is 11.4 Å². The standard InChI is InChI=1S/C22H22N4O4/c1-4-15-7-5-6-8-17(15)24-21(29)23-12-16-19(27)25-22(30)26(20(16)28)18-11-13(2)9-10-14(18)3/h5-12,28H,4H2,1-3H3,(H,24,29)(H,25,27,30). The van der Waals surface area contributed by atoms with E-state index in [-0.39, 0.29) is 5.56 Å². The molecule has 3 N–H and O–H groups in total. The third-order valence-corrected chi connectivity index (χ3v) is 4.68. The Balaban J connectivity index is 1.99. The predicted octanol–water partition coefficient (Wildman–Crippen LogP) is 3.06. The molecule has 1 aromatic heterocycles. The van der Waals surface area contributed by atoms with E-state index in [1.165, 1.54) is 0 Å². The third kappa shape index (κ3) is 4.22. The molecule has 3 aromatic rings. The number of anilines is 1. The van der Waals surface area contributed by atoms with Gasteiger partial charge < -0.3 is 10.4 Å². The number of rotatable bonds is 4. The van der Waals surface area contributed by atoms with Crippen molar-refractivity contribution in [3.05, 3.63) is 85.6 Å². The topological polar surface area (TPSA) is 117 Å². The molecule has 0 aliphatic carbocycles. The van der Waals surface area contributed by atoms with Crippen molar-refractivity contribution in [3.63, 3.8) is 0 Å². The van der Waals surface area contributed by atoms with Gasteiger partial charge in [-0.2, -0.15) is 0 Å². The van der Waals surface area contributed by atoms with Crippen molar-refractivity contribution in [2.75, 3.05) is 5.32 Å². The number of aromatic amines is 1. The molecular weight excluding hydrogens is 384 g/mol. The Morgan fingerprint density at radius 1 is 1.20 bits per heavy atom. The number of carbonyl (C=O) groups excluding carboxylic acids is 1. The van der Waals surface area contributed by atoms with Crippen molar-refractivity contribution < 1.29 is 9.90 Å². The molecule has 3 rings (SSSR count). The van der Waals surface area contributed by atoms with Crippen LogP contribution < -0.4 is 16.6 Å². The number of benzene rings is 2. The zero-order valence-corrected chi connectivity index (χ0v) is 16.9. The summed E-state index contributed by atoms with van der Waals surface area (Å²) in [6, 6.07) is 12.0. The summed E-state index contributed by atoms with van der Waals surface area (Å²) in [7, 11) is 0. The molecule has 0 atom stereocenters. The first-order valence-corrected chi connectivity index (χ1v) is 9.40. The summed E-state index contributed by atoms with van der Waals surface area (Å²) in [5.41, 5.74) is 1.64. The first-order chi connectivity index (χ1) is 14.3. The van der Waals surface area contributed by atoms with Crippen molar-refractivity contribution in [3.8, 4) is 11.6 Å². The van der Waals surface area contributed by atoms with Crippen LogP contribution in [0.4, 0.5) is 10.5 Å². The summed E-state index contributed by atoms with van der Waals surface area (Å²) in [6.45, 7) is 5.58. The summed E-state index contributed by atoms with van der Waals surface area (Å²) >= 11 is 0. The second-order valence-corrected chi connectivity index (χ2v) is 6.82.